The Morgan fingerprint density at radius 1 is 1.00 bits per heavy atom. The number of aryl methyl sites for hydroxylation is 1. The van der Waals surface area contributed by atoms with Crippen LogP contribution in [0.25, 0.3) is 0 Å². The molecule has 3 rings (SSSR count). The highest BCUT2D eigenvalue weighted by molar-refractivity contribution is 7.90. The lowest BCUT2D eigenvalue weighted by Crippen LogP contribution is -2.45. The molecule has 1 N–H and O–H groups in total. The molecule has 0 radical (unpaired) electrons. The number of benzene rings is 2. The largest absolute Gasteiger partial charge is 0.348 e. The minimum atomic E-state index is -3.36. The molecule has 7 heteroatoms. The van der Waals surface area contributed by atoms with E-state index in [0.717, 1.165) is 56.7 Å². The topological polar surface area (TPSA) is 69.7 Å². The predicted octanol–water partition coefficient (Wildman–Crippen LogP) is 2.47. The minimum absolute atomic E-state index is 0.157. The molecule has 0 aliphatic carbocycles. The third-order valence-corrected chi connectivity index (χ3v) is 6.86. The summed E-state index contributed by atoms with van der Waals surface area (Å²) in [5, 5.41) is 2.97. The molecule has 0 unspecified atom stereocenters. The molecular weight excluding hydrogens is 398 g/mol. The molecule has 0 bridgehead atoms. The zero-order chi connectivity index (χ0) is 21.7. The molecule has 1 aliphatic heterocycles. The number of piperazine rings is 1. The van der Waals surface area contributed by atoms with Gasteiger partial charge in [0.1, 0.15) is 0 Å². The van der Waals surface area contributed by atoms with Crippen molar-refractivity contribution < 1.29 is 13.2 Å². The number of hydrogen-bond donors (Lipinski definition) is 1. The van der Waals surface area contributed by atoms with Gasteiger partial charge in [0, 0.05) is 51.1 Å². The van der Waals surface area contributed by atoms with Crippen molar-refractivity contribution in [3.8, 4) is 0 Å². The van der Waals surface area contributed by atoms with Crippen molar-refractivity contribution in [2.75, 3.05) is 39.0 Å². The van der Waals surface area contributed by atoms with Crippen molar-refractivity contribution >= 4 is 15.7 Å². The first kappa shape index (κ1) is 22.5. The molecule has 2 aromatic rings. The van der Waals surface area contributed by atoms with Crippen molar-refractivity contribution in [1.29, 1.82) is 0 Å². The van der Waals surface area contributed by atoms with Gasteiger partial charge in [-0.05, 0) is 42.3 Å². The maximum absolute atomic E-state index is 12.8. The fourth-order valence-corrected chi connectivity index (χ4v) is 4.38. The number of rotatable bonds is 7. The number of carbonyl (C=O) groups is 1. The Labute approximate surface area is 179 Å². The van der Waals surface area contributed by atoms with Crippen LogP contribution in [0.4, 0.5) is 0 Å². The van der Waals surface area contributed by atoms with Crippen LogP contribution in [0.2, 0.25) is 0 Å². The molecule has 1 heterocycles. The summed E-state index contributed by atoms with van der Waals surface area (Å²) in [5.41, 5.74) is 3.44. The molecule has 0 aromatic heterocycles. The maximum atomic E-state index is 12.8. The first-order chi connectivity index (χ1) is 14.3. The molecule has 162 valence electrons. The first-order valence-electron chi connectivity index (χ1n) is 10.4. The number of sulfone groups is 1. The van der Waals surface area contributed by atoms with Gasteiger partial charge in [-0.15, -0.1) is 0 Å². The van der Waals surface area contributed by atoms with E-state index in [1.54, 1.807) is 6.07 Å². The maximum Gasteiger partial charge on any atom is 0.251 e. The van der Waals surface area contributed by atoms with Crippen molar-refractivity contribution in [1.82, 2.24) is 15.1 Å². The molecule has 1 amide bonds. The number of nitrogens with one attached hydrogen (secondary N) is 1. The van der Waals surface area contributed by atoms with Gasteiger partial charge in [0.05, 0.1) is 4.90 Å². The molecule has 1 saturated heterocycles. The number of carbonyl (C=O) groups excluding carboxylic acids is 1. The third kappa shape index (κ3) is 5.68. The summed E-state index contributed by atoms with van der Waals surface area (Å²) in [7, 11) is -3.36. The number of likely N-dealkylation sites (N-methyl/N-ethyl adjacent to an activating group) is 1. The summed E-state index contributed by atoms with van der Waals surface area (Å²) in [6.45, 7) is 10.6. The fraction of sp³-hybridized carbons (Fsp3) is 0.435. The highest BCUT2D eigenvalue weighted by Gasteiger charge is 2.18. The normalized spacial score (nSPS) is 15.8. The van der Waals surface area contributed by atoms with Gasteiger partial charge in [0.25, 0.3) is 5.91 Å². The van der Waals surface area contributed by atoms with Crippen LogP contribution in [0.5, 0.6) is 0 Å². The van der Waals surface area contributed by atoms with Gasteiger partial charge >= 0.3 is 0 Å². The molecule has 6 nitrogen and oxygen atoms in total. The van der Waals surface area contributed by atoms with Gasteiger partial charge in [0.2, 0.25) is 0 Å². The average molecular weight is 430 g/mol. The van der Waals surface area contributed by atoms with Gasteiger partial charge < -0.3 is 10.2 Å². The van der Waals surface area contributed by atoms with Crippen LogP contribution in [0.3, 0.4) is 0 Å². The van der Waals surface area contributed by atoms with Gasteiger partial charge in [-0.2, -0.15) is 0 Å². The lowest BCUT2D eigenvalue weighted by Gasteiger charge is -2.34. The second-order valence-corrected chi connectivity index (χ2v) is 9.93. The van der Waals surface area contributed by atoms with E-state index in [2.05, 4.69) is 28.1 Å². The lowest BCUT2D eigenvalue weighted by atomic mass is 10.1. The first-order valence-corrected chi connectivity index (χ1v) is 12.3. The van der Waals surface area contributed by atoms with Crippen molar-refractivity contribution in [3.63, 3.8) is 0 Å². The Morgan fingerprint density at radius 3 is 2.27 bits per heavy atom. The van der Waals surface area contributed by atoms with Crippen molar-refractivity contribution in [3.05, 3.63) is 64.7 Å². The van der Waals surface area contributed by atoms with E-state index in [1.807, 2.05) is 25.1 Å². The second-order valence-electron chi connectivity index (χ2n) is 7.91. The molecule has 1 aliphatic rings. The third-order valence-electron chi connectivity index (χ3n) is 5.75. The van der Waals surface area contributed by atoms with Crippen LogP contribution in [-0.2, 0) is 22.9 Å². The van der Waals surface area contributed by atoms with Crippen LogP contribution in [-0.4, -0.2) is 63.1 Å². The lowest BCUT2D eigenvalue weighted by molar-refractivity contribution is 0.0949. The summed E-state index contributed by atoms with van der Waals surface area (Å²) in [6.07, 6.45) is 1.15. The average Bonchev–Trinajstić information content (AvgIpc) is 2.73. The predicted molar refractivity (Wildman–Crippen MR) is 119 cm³/mol. The van der Waals surface area contributed by atoms with E-state index in [0.29, 0.717) is 12.1 Å². The Morgan fingerprint density at radius 2 is 1.63 bits per heavy atom. The molecule has 0 saturated carbocycles. The molecule has 1 fully saturated rings. The van der Waals surface area contributed by atoms with E-state index < -0.39 is 9.84 Å². The monoisotopic (exact) mass is 429 g/mol. The van der Waals surface area contributed by atoms with Crippen molar-refractivity contribution in [2.24, 2.45) is 0 Å². The summed E-state index contributed by atoms with van der Waals surface area (Å²) >= 11 is 0. The molecular formula is C23H31N3O3S. The second kappa shape index (κ2) is 9.73. The van der Waals surface area contributed by atoms with Gasteiger partial charge in [-0.3, -0.25) is 9.69 Å². The van der Waals surface area contributed by atoms with Gasteiger partial charge in [0.15, 0.2) is 9.84 Å². The van der Waals surface area contributed by atoms with E-state index >= 15 is 0 Å². The molecule has 0 spiro atoms. The fourth-order valence-electron chi connectivity index (χ4n) is 3.74. The van der Waals surface area contributed by atoms with Crippen LogP contribution in [0, 0.1) is 6.92 Å². The summed E-state index contributed by atoms with van der Waals surface area (Å²) in [6, 6.07) is 12.8. The van der Waals surface area contributed by atoms with Crippen LogP contribution < -0.4 is 5.32 Å². The van der Waals surface area contributed by atoms with Crippen LogP contribution in [0.15, 0.2) is 47.4 Å². The molecule has 2 aromatic carbocycles. The van der Waals surface area contributed by atoms with Gasteiger partial charge in [-0.25, -0.2) is 8.42 Å². The minimum Gasteiger partial charge on any atom is -0.348 e. The molecule has 0 atom stereocenters. The Balaban J connectivity index is 1.67. The van der Waals surface area contributed by atoms with E-state index in [-0.39, 0.29) is 10.8 Å². The van der Waals surface area contributed by atoms with E-state index in [4.69, 9.17) is 0 Å². The number of nitrogens with zero attached hydrogens (tertiary/aromatic N) is 2. The van der Waals surface area contributed by atoms with Crippen molar-refractivity contribution in [2.45, 2.75) is 31.8 Å². The Kier molecular flexibility index (Phi) is 7.28. The SMILES string of the molecule is CCN1CCN(Cc2ccccc2CNC(=O)c2cc(S(C)(=O)=O)ccc2C)CC1. The highest BCUT2D eigenvalue weighted by atomic mass is 32.2. The number of hydrogen-bond acceptors (Lipinski definition) is 5. The summed E-state index contributed by atoms with van der Waals surface area (Å²) in [5.74, 6) is -0.260. The van der Waals surface area contributed by atoms with Gasteiger partial charge in [-0.1, -0.05) is 37.3 Å². The smallest absolute Gasteiger partial charge is 0.251 e. The quantitative estimate of drug-likeness (QED) is 0.732. The van der Waals surface area contributed by atoms with E-state index in [1.165, 1.54) is 17.7 Å². The molecule has 30 heavy (non-hydrogen) atoms. The summed E-state index contributed by atoms with van der Waals surface area (Å²) < 4.78 is 23.7. The zero-order valence-electron chi connectivity index (χ0n) is 18.0. The highest BCUT2D eigenvalue weighted by Crippen LogP contribution is 2.17. The van der Waals surface area contributed by atoms with Crippen LogP contribution in [0.1, 0.15) is 34.0 Å². The Hall–Kier alpha value is -2.22. The number of amides is 1. The standard InChI is InChI=1S/C23H31N3O3S/c1-4-25-11-13-26(14-12-25)17-20-8-6-5-7-19(20)16-24-23(27)22-15-21(30(3,28)29)10-9-18(22)2/h5-10,15H,4,11-14,16-17H2,1-3H3,(H,24,27). The summed E-state index contributed by atoms with van der Waals surface area (Å²) in [4.78, 5) is 17.8. The Bertz CT molecular complexity index is 997. The zero-order valence-corrected chi connectivity index (χ0v) is 18.8. The van der Waals surface area contributed by atoms with E-state index in [9.17, 15) is 13.2 Å². The van der Waals surface area contributed by atoms with Crippen LogP contribution >= 0.6 is 0 Å².